The number of amides is 1. The molecule has 0 aromatic carbocycles. The predicted octanol–water partition coefficient (Wildman–Crippen LogP) is 1.14. The van der Waals surface area contributed by atoms with Crippen LogP contribution in [0.5, 0.6) is 0 Å². The van der Waals surface area contributed by atoms with Crippen LogP contribution in [0, 0.1) is 5.92 Å². The topological polar surface area (TPSA) is 92.5 Å². The van der Waals surface area contributed by atoms with Gasteiger partial charge in [0.1, 0.15) is 10.3 Å². The van der Waals surface area contributed by atoms with Crippen molar-refractivity contribution in [1.82, 2.24) is 9.62 Å². The van der Waals surface area contributed by atoms with Crippen molar-refractivity contribution in [3.63, 3.8) is 0 Å². The Morgan fingerprint density at radius 2 is 2.17 bits per heavy atom. The maximum Gasteiger partial charge on any atom is 0.253 e. The SMILES string of the molecule is NC(CNC(=O)C1CCCCN1S(=O)(=O)c1cccs1)C1CC1. The average molecular weight is 358 g/mol. The quantitative estimate of drug-likeness (QED) is 0.799. The molecule has 23 heavy (non-hydrogen) atoms. The van der Waals surface area contributed by atoms with Gasteiger partial charge in [-0.1, -0.05) is 12.5 Å². The Morgan fingerprint density at radius 1 is 1.39 bits per heavy atom. The smallest absolute Gasteiger partial charge is 0.253 e. The van der Waals surface area contributed by atoms with E-state index >= 15 is 0 Å². The minimum absolute atomic E-state index is 0.0232. The molecule has 0 radical (unpaired) electrons. The Kier molecular flexibility index (Phi) is 5.05. The summed E-state index contributed by atoms with van der Waals surface area (Å²) in [6.45, 7) is 0.819. The van der Waals surface area contributed by atoms with E-state index in [1.165, 1.54) is 15.6 Å². The van der Waals surface area contributed by atoms with Crippen molar-refractivity contribution in [3.05, 3.63) is 17.5 Å². The van der Waals surface area contributed by atoms with Crippen molar-refractivity contribution < 1.29 is 13.2 Å². The van der Waals surface area contributed by atoms with Gasteiger partial charge in [-0.25, -0.2) is 8.42 Å². The summed E-state index contributed by atoms with van der Waals surface area (Å²) in [4.78, 5) is 12.5. The molecule has 2 heterocycles. The predicted molar refractivity (Wildman–Crippen MR) is 89.6 cm³/mol. The van der Waals surface area contributed by atoms with Gasteiger partial charge in [0.25, 0.3) is 10.0 Å². The third-order valence-corrected chi connectivity index (χ3v) is 7.84. The molecule has 1 aliphatic carbocycles. The van der Waals surface area contributed by atoms with Crippen LogP contribution in [0.4, 0.5) is 0 Å². The second-order valence-electron chi connectivity index (χ2n) is 6.31. The van der Waals surface area contributed by atoms with Crippen LogP contribution in [0.2, 0.25) is 0 Å². The Bertz CT molecular complexity index is 641. The van der Waals surface area contributed by atoms with Crippen molar-refractivity contribution in [1.29, 1.82) is 0 Å². The van der Waals surface area contributed by atoms with Crippen LogP contribution in [-0.2, 0) is 14.8 Å². The van der Waals surface area contributed by atoms with Crippen LogP contribution in [-0.4, -0.2) is 43.8 Å². The molecule has 1 saturated carbocycles. The van der Waals surface area contributed by atoms with E-state index in [2.05, 4.69) is 5.32 Å². The molecule has 3 N–H and O–H groups in total. The molecule has 1 amide bonds. The largest absolute Gasteiger partial charge is 0.353 e. The number of hydrogen-bond acceptors (Lipinski definition) is 5. The summed E-state index contributed by atoms with van der Waals surface area (Å²) in [7, 11) is -3.60. The first kappa shape index (κ1) is 16.9. The van der Waals surface area contributed by atoms with Gasteiger partial charge in [0.2, 0.25) is 5.91 Å². The van der Waals surface area contributed by atoms with Crippen molar-refractivity contribution in [2.45, 2.75) is 48.4 Å². The number of thiophene rings is 1. The molecule has 0 bridgehead atoms. The molecule has 3 rings (SSSR count). The summed E-state index contributed by atoms with van der Waals surface area (Å²) < 4.78 is 27.2. The van der Waals surface area contributed by atoms with Crippen molar-refractivity contribution in [2.24, 2.45) is 11.7 Å². The fraction of sp³-hybridized carbons (Fsp3) is 0.667. The van der Waals surface area contributed by atoms with E-state index in [1.54, 1.807) is 17.5 Å². The molecule has 1 aromatic heterocycles. The molecule has 1 aromatic rings. The molecular formula is C15H23N3O3S2. The van der Waals surface area contributed by atoms with Crippen molar-refractivity contribution in [3.8, 4) is 0 Å². The van der Waals surface area contributed by atoms with E-state index in [0.29, 0.717) is 29.6 Å². The lowest BCUT2D eigenvalue weighted by Crippen LogP contribution is -2.53. The standard InChI is InChI=1S/C15H23N3O3S2/c16-12(11-6-7-11)10-17-15(19)13-4-1-2-8-18(13)23(20,21)14-5-3-9-22-14/h3,5,9,11-13H,1-2,4,6-8,10,16H2,(H,17,19). The van der Waals surface area contributed by atoms with E-state index in [9.17, 15) is 13.2 Å². The highest BCUT2D eigenvalue weighted by atomic mass is 32.2. The lowest BCUT2D eigenvalue weighted by Gasteiger charge is -2.33. The second-order valence-corrected chi connectivity index (χ2v) is 9.37. The van der Waals surface area contributed by atoms with Gasteiger partial charge in [0, 0.05) is 19.1 Å². The summed E-state index contributed by atoms with van der Waals surface area (Å²) >= 11 is 1.19. The molecule has 8 heteroatoms. The second kappa shape index (κ2) is 6.88. The molecule has 2 aliphatic rings. The lowest BCUT2D eigenvalue weighted by atomic mass is 10.0. The van der Waals surface area contributed by atoms with Gasteiger partial charge in [-0.15, -0.1) is 11.3 Å². The number of sulfonamides is 1. The van der Waals surface area contributed by atoms with E-state index < -0.39 is 16.1 Å². The highest BCUT2D eigenvalue weighted by Gasteiger charge is 2.38. The number of piperidine rings is 1. The number of rotatable bonds is 6. The third kappa shape index (κ3) is 3.76. The van der Waals surface area contributed by atoms with Gasteiger partial charge in [-0.2, -0.15) is 4.31 Å². The Labute approximate surface area is 141 Å². The molecule has 0 spiro atoms. The summed E-state index contributed by atoms with van der Waals surface area (Å²) in [5.41, 5.74) is 6.01. The molecule has 1 aliphatic heterocycles. The summed E-state index contributed by atoms with van der Waals surface area (Å²) in [6, 6.07) is 2.66. The first-order chi connectivity index (χ1) is 11.0. The van der Waals surface area contributed by atoms with Crippen LogP contribution in [0.15, 0.2) is 21.7 Å². The molecule has 6 nitrogen and oxygen atoms in total. The Balaban J connectivity index is 1.69. The maximum atomic E-state index is 12.8. The molecule has 2 atom stereocenters. The Hall–Kier alpha value is -0.960. The van der Waals surface area contributed by atoms with Gasteiger partial charge in [0.05, 0.1) is 0 Å². The summed E-state index contributed by atoms with van der Waals surface area (Å²) in [5, 5.41) is 4.59. The molecular weight excluding hydrogens is 334 g/mol. The Morgan fingerprint density at radius 3 is 2.83 bits per heavy atom. The first-order valence-corrected chi connectivity index (χ1v) is 10.4. The number of nitrogens with two attached hydrogens (primary N) is 1. The van der Waals surface area contributed by atoms with Gasteiger partial charge < -0.3 is 11.1 Å². The van der Waals surface area contributed by atoms with Gasteiger partial charge in [0.15, 0.2) is 0 Å². The summed E-state index contributed by atoms with van der Waals surface area (Å²) in [6.07, 6.45) is 4.47. The van der Waals surface area contributed by atoms with Crippen LogP contribution >= 0.6 is 11.3 Å². The third-order valence-electron chi connectivity index (χ3n) is 4.55. The van der Waals surface area contributed by atoms with E-state index in [-0.39, 0.29) is 11.9 Å². The van der Waals surface area contributed by atoms with E-state index in [0.717, 1.165) is 25.7 Å². The number of hydrogen-bond donors (Lipinski definition) is 2. The van der Waals surface area contributed by atoms with Gasteiger partial charge in [-0.3, -0.25) is 4.79 Å². The number of carbonyl (C=O) groups excluding carboxylic acids is 1. The zero-order chi connectivity index (χ0) is 16.4. The minimum Gasteiger partial charge on any atom is -0.353 e. The number of nitrogens with zero attached hydrogens (tertiary/aromatic N) is 1. The molecule has 2 unspecified atom stereocenters. The lowest BCUT2D eigenvalue weighted by molar-refractivity contribution is -0.125. The van der Waals surface area contributed by atoms with Gasteiger partial charge >= 0.3 is 0 Å². The molecule has 128 valence electrons. The van der Waals surface area contributed by atoms with Crippen LogP contribution < -0.4 is 11.1 Å². The normalized spacial score (nSPS) is 24.3. The number of carbonyl (C=O) groups is 1. The van der Waals surface area contributed by atoms with Crippen LogP contribution in [0.3, 0.4) is 0 Å². The maximum absolute atomic E-state index is 12.8. The highest BCUT2D eigenvalue weighted by molar-refractivity contribution is 7.91. The number of nitrogens with one attached hydrogen (secondary N) is 1. The average Bonchev–Trinajstić information content (AvgIpc) is 3.25. The first-order valence-electron chi connectivity index (χ1n) is 8.09. The van der Waals surface area contributed by atoms with E-state index in [1.807, 2.05) is 0 Å². The fourth-order valence-electron chi connectivity index (χ4n) is 3.01. The van der Waals surface area contributed by atoms with Crippen LogP contribution in [0.25, 0.3) is 0 Å². The monoisotopic (exact) mass is 357 g/mol. The van der Waals surface area contributed by atoms with E-state index in [4.69, 9.17) is 5.73 Å². The van der Waals surface area contributed by atoms with Crippen LogP contribution in [0.1, 0.15) is 32.1 Å². The molecule has 1 saturated heterocycles. The van der Waals surface area contributed by atoms with Gasteiger partial charge in [-0.05, 0) is 43.0 Å². The molecule has 2 fully saturated rings. The minimum atomic E-state index is -3.60. The van der Waals surface area contributed by atoms with Crippen molar-refractivity contribution in [2.75, 3.05) is 13.1 Å². The highest BCUT2D eigenvalue weighted by Crippen LogP contribution is 2.31. The summed E-state index contributed by atoms with van der Waals surface area (Å²) in [5.74, 6) is 0.286. The van der Waals surface area contributed by atoms with Crippen molar-refractivity contribution >= 4 is 27.3 Å². The zero-order valence-corrected chi connectivity index (χ0v) is 14.6. The fourth-order valence-corrected chi connectivity index (χ4v) is 5.78. The zero-order valence-electron chi connectivity index (χ0n) is 13.0.